The minimum Gasteiger partial charge on any atom is -0.449 e. The summed E-state index contributed by atoms with van der Waals surface area (Å²) >= 11 is 0. The highest BCUT2D eigenvalue weighted by atomic mass is 16.5. The first-order valence-electron chi connectivity index (χ1n) is 11.3. The van der Waals surface area contributed by atoms with E-state index >= 15 is 0 Å². The lowest BCUT2D eigenvalue weighted by atomic mass is 9.82. The van der Waals surface area contributed by atoms with Crippen LogP contribution in [0.25, 0.3) is 10.9 Å². The van der Waals surface area contributed by atoms with Crippen molar-refractivity contribution < 1.29 is 14.3 Å². The molecule has 0 unspecified atom stereocenters. The average molecular weight is 420 g/mol. The van der Waals surface area contributed by atoms with Gasteiger partial charge in [0.05, 0.1) is 17.1 Å². The van der Waals surface area contributed by atoms with Crippen molar-refractivity contribution in [1.82, 2.24) is 10.3 Å². The first kappa shape index (κ1) is 21.3. The molecule has 6 nitrogen and oxygen atoms in total. The van der Waals surface area contributed by atoms with Crippen LogP contribution in [-0.4, -0.2) is 28.5 Å². The van der Waals surface area contributed by atoms with Crippen LogP contribution in [0.5, 0.6) is 0 Å². The number of fused-ring (bicyclic) bond motifs is 2. The Balaban J connectivity index is 1.59. The summed E-state index contributed by atoms with van der Waals surface area (Å²) in [6.07, 6.45) is 5.84. The number of aryl methyl sites for hydroxylation is 1. The molecule has 1 amide bonds. The maximum Gasteiger partial charge on any atom is 0.339 e. The van der Waals surface area contributed by atoms with Gasteiger partial charge in [-0.25, -0.2) is 4.79 Å². The first-order valence-corrected chi connectivity index (χ1v) is 11.3. The van der Waals surface area contributed by atoms with Crippen LogP contribution in [0.2, 0.25) is 0 Å². The second kappa shape index (κ2) is 8.66. The molecule has 31 heavy (non-hydrogen) atoms. The van der Waals surface area contributed by atoms with Gasteiger partial charge in [0.25, 0.3) is 5.91 Å². The Hall–Kier alpha value is -2.94. The molecule has 0 bridgehead atoms. The fourth-order valence-electron chi connectivity index (χ4n) is 4.83. The number of para-hydroxylation sites is 1. The van der Waals surface area contributed by atoms with Gasteiger partial charge in [0.2, 0.25) is 0 Å². The lowest BCUT2D eigenvalue weighted by molar-refractivity contribution is -0.130. The molecule has 0 spiro atoms. The molecule has 4 rings (SSSR count). The van der Waals surface area contributed by atoms with Crippen molar-refractivity contribution in [3.05, 3.63) is 41.1 Å². The van der Waals surface area contributed by atoms with Gasteiger partial charge in [0, 0.05) is 11.1 Å². The van der Waals surface area contributed by atoms with Crippen molar-refractivity contribution in [3.8, 4) is 6.07 Å². The number of amides is 1. The van der Waals surface area contributed by atoms with Crippen molar-refractivity contribution >= 4 is 22.8 Å². The number of aromatic nitrogens is 1. The van der Waals surface area contributed by atoms with Crippen LogP contribution in [0.3, 0.4) is 0 Å². The number of carbonyl (C=O) groups is 2. The molecule has 2 aromatic rings. The Kier molecular flexibility index (Phi) is 5.95. The van der Waals surface area contributed by atoms with E-state index in [9.17, 15) is 14.9 Å². The third-order valence-electron chi connectivity index (χ3n) is 6.65. The minimum absolute atomic E-state index is 0.419. The van der Waals surface area contributed by atoms with Crippen molar-refractivity contribution in [2.45, 2.75) is 76.9 Å². The molecule has 2 aliphatic carbocycles. The number of esters is 1. The van der Waals surface area contributed by atoms with Gasteiger partial charge < -0.3 is 10.1 Å². The Morgan fingerprint density at radius 3 is 2.74 bits per heavy atom. The van der Waals surface area contributed by atoms with Crippen molar-refractivity contribution in [2.24, 2.45) is 5.92 Å². The summed E-state index contributed by atoms with van der Waals surface area (Å²) in [5.74, 6) is -0.455. The number of hydrogen-bond acceptors (Lipinski definition) is 5. The second-order valence-electron chi connectivity index (χ2n) is 9.07. The van der Waals surface area contributed by atoms with E-state index in [1.807, 2.05) is 24.3 Å². The fourth-order valence-corrected chi connectivity index (χ4v) is 4.83. The highest BCUT2D eigenvalue weighted by molar-refractivity contribution is 6.05. The second-order valence-corrected chi connectivity index (χ2v) is 9.07. The number of nitriles is 1. The van der Waals surface area contributed by atoms with E-state index < -0.39 is 23.5 Å². The number of carbonyl (C=O) groups excluding carboxylic acids is 2. The zero-order chi connectivity index (χ0) is 22.0. The smallest absolute Gasteiger partial charge is 0.339 e. The summed E-state index contributed by atoms with van der Waals surface area (Å²) in [5.41, 5.74) is 2.33. The molecule has 1 aromatic carbocycles. The van der Waals surface area contributed by atoms with Gasteiger partial charge in [-0.2, -0.15) is 5.26 Å². The summed E-state index contributed by atoms with van der Waals surface area (Å²) < 4.78 is 5.65. The maximum absolute atomic E-state index is 13.3. The summed E-state index contributed by atoms with van der Waals surface area (Å²) in [4.78, 5) is 30.9. The highest BCUT2D eigenvalue weighted by Gasteiger charge is 2.36. The van der Waals surface area contributed by atoms with Crippen molar-refractivity contribution in [3.63, 3.8) is 0 Å². The molecule has 1 aromatic heterocycles. The molecule has 2 atom stereocenters. The molecule has 6 heteroatoms. The van der Waals surface area contributed by atoms with Gasteiger partial charge in [0.15, 0.2) is 6.10 Å². The molecule has 162 valence electrons. The van der Waals surface area contributed by atoms with Gasteiger partial charge >= 0.3 is 5.97 Å². The van der Waals surface area contributed by atoms with Crippen LogP contribution in [0, 0.1) is 17.2 Å². The predicted octanol–water partition coefficient (Wildman–Crippen LogP) is 4.25. The zero-order valence-electron chi connectivity index (χ0n) is 18.2. The quantitative estimate of drug-likeness (QED) is 0.748. The monoisotopic (exact) mass is 419 g/mol. The molecule has 1 heterocycles. The number of hydrogen-bond donors (Lipinski definition) is 1. The molecule has 2 aliphatic rings. The molecule has 1 N–H and O–H groups in total. The van der Waals surface area contributed by atoms with Gasteiger partial charge in [-0.3, -0.25) is 9.78 Å². The van der Waals surface area contributed by atoms with Gasteiger partial charge in [-0.05, 0) is 56.6 Å². The average Bonchev–Trinajstić information content (AvgIpc) is 2.78. The van der Waals surface area contributed by atoms with E-state index in [0.717, 1.165) is 60.7 Å². The maximum atomic E-state index is 13.3. The molecule has 1 fully saturated rings. The van der Waals surface area contributed by atoms with E-state index in [0.29, 0.717) is 24.3 Å². The lowest BCUT2D eigenvalue weighted by Gasteiger charge is -2.32. The summed E-state index contributed by atoms with van der Waals surface area (Å²) in [7, 11) is 0. The third-order valence-corrected chi connectivity index (χ3v) is 6.65. The summed E-state index contributed by atoms with van der Waals surface area (Å²) in [5, 5.41) is 13.2. The largest absolute Gasteiger partial charge is 0.449 e. The number of rotatable bonds is 4. The zero-order valence-corrected chi connectivity index (χ0v) is 18.2. The SMILES string of the molecule is C[C@H]1CCc2nc3ccccc3c(C(=O)O[C@@H](C)C(=O)NC3(C#N)CCCCC3)c2C1. The molecular formula is C25H29N3O3. The Labute approximate surface area is 183 Å². The van der Waals surface area contributed by atoms with Crippen LogP contribution in [0.4, 0.5) is 0 Å². The van der Waals surface area contributed by atoms with Crippen LogP contribution in [0.1, 0.15) is 74.0 Å². The van der Waals surface area contributed by atoms with E-state index in [2.05, 4.69) is 18.3 Å². The van der Waals surface area contributed by atoms with E-state index in [4.69, 9.17) is 9.72 Å². The normalized spacial score (nSPS) is 20.9. The molecule has 0 saturated heterocycles. The number of nitrogens with one attached hydrogen (secondary N) is 1. The number of pyridine rings is 1. The molecule has 0 radical (unpaired) electrons. The molecule has 0 aliphatic heterocycles. The highest BCUT2D eigenvalue weighted by Crippen LogP contribution is 2.32. The summed E-state index contributed by atoms with van der Waals surface area (Å²) in [6, 6.07) is 9.86. The van der Waals surface area contributed by atoms with E-state index in [-0.39, 0.29) is 0 Å². The Morgan fingerprint density at radius 2 is 2.00 bits per heavy atom. The van der Waals surface area contributed by atoms with Gasteiger partial charge in [-0.15, -0.1) is 0 Å². The molecule has 1 saturated carbocycles. The van der Waals surface area contributed by atoms with Gasteiger partial charge in [-0.1, -0.05) is 44.4 Å². The number of ether oxygens (including phenoxy) is 1. The first-order chi connectivity index (χ1) is 14.9. The van der Waals surface area contributed by atoms with Crippen molar-refractivity contribution in [1.29, 1.82) is 5.26 Å². The topological polar surface area (TPSA) is 92.1 Å². The van der Waals surface area contributed by atoms with Crippen LogP contribution >= 0.6 is 0 Å². The minimum atomic E-state index is -0.983. The fraction of sp³-hybridized carbons (Fsp3) is 0.520. The van der Waals surface area contributed by atoms with E-state index in [1.165, 1.54) is 0 Å². The Bertz CT molecular complexity index is 1050. The van der Waals surface area contributed by atoms with Crippen LogP contribution < -0.4 is 5.32 Å². The number of benzene rings is 1. The lowest BCUT2D eigenvalue weighted by Crippen LogP contribution is -2.52. The predicted molar refractivity (Wildman–Crippen MR) is 117 cm³/mol. The van der Waals surface area contributed by atoms with Crippen LogP contribution in [0.15, 0.2) is 24.3 Å². The van der Waals surface area contributed by atoms with Crippen molar-refractivity contribution in [2.75, 3.05) is 0 Å². The summed E-state index contributed by atoms with van der Waals surface area (Å²) in [6.45, 7) is 3.74. The Morgan fingerprint density at radius 1 is 1.26 bits per heavy atom. The van der Waals surface area contributed by atoms with E-state index in [1.54, 1.807) is 6.92 Å². The third kappa shape index (κ3) is 4.27. The number of nitrogens with zero attached hydrogens (tertiary/aromatic N) is 2. The molecular weight excluding hydrogens is 390 g/mol. The standard InChI is InChI=1S/C25H29N3O3/c1-16-10-11-21-19(14-16)22(18-8-4-5-9-20(18)27-21)24(30)31-17(2)23(29)28-25(15-26)12-6-3-7-13-25/h4-5,8-9,16-17H,3,6-7,10-14H2,1-2H3,(H,28,29)/t16-,17-/m0/s1. The van der Waals surface area contributed by atoms with Crippen LogP contribution in [-0.2, 0) is 22.4 Å². The van der Waals surface area contributed by atoms with Gasteiger partial charge in [0.1, 0.15) is 5.54 Å².